The molecule has 0 amide bonds. The van der Waals surface area contributed by atoms with Crippen molar-refractivity contribution in [3.8, 4) is 11.3 Å². The number of aromatic nitrogens is 1. The van der Waals surface area contributed by atoms with E-state index in [4.69, 9.17) is 23.1 Å². The number of hydrogen-bond donors (Lipinski definition) is 2. The van der Waals surface area contributed by atoms with Gasteiger partial charge in [0.05, 0.1) is 10.7 Å². The highest BCUT2D eigenvalue weighted by atomic mass is 35.5. The van der Waals surface area contributed by atoms with E-state index in [0.29, 0.717) is 42.2 Å². The molecule has 5 nitrogen and oxygen atoms in total. The van der Waals surface area contributed by atoms with Crippen molar-refractivity contribution < 1.29 is 0 Å². The van der Waals surface area contributed by atoms with Gasteiger partial charge >= 0.3 is 0 Å². The maximum Gasteiger partial charge on any atom is 0.134 e. The fourth-order valence-corrected chi connectivity index (χ4v) is 3.04. The van der Waals surface area contributed by atoms with Crippen LogP contribution in [0.1, 0.15) is 5.56 Å². The number of aliphatic imine (C=N–C) groups is 2. The van der Waals surface area contributed by atoms with Gasteiger partial charge in [-0.1, -0.05) is 26.2 Å². The fraction of sp³-hybridized carbons (Fsp3) is 0.0625. The van der Waals surface area contributed by atoms with E-state index in [-0.39, 0.29) is 0 Å². The molecule has 4 N–H and O–H groups in total. The van der Waals surface area contributed by atoms with E-state index in [1.165, 1.54) is 0 Å². The van der Waals surface area contributed by atoms with Crippen molar-refractivity contribution in [3.63, 3.8) is 0 Å². The Morgan fingerprint density at radius 2 is 2.17 bits per heavy atom. The molecule has 0 radical (unpaired) electrons. The number of nitrogen functional groups attached to an aromatic ring is 1. The third-order valence-corrected chi connectivity index (χ3v) is 4.50. The third kappa shape index (κ3) is 3.58. The number of hydrogen-bond acceptors (Lipinski definition) is 4. The lowest BCUT2D eigenvalue weighted by Crippen LogP contribution is -2.18. The fourth-order valence-electron chi connectivity index (χ4n) is 2.16. The zero-order valence-corrected chi connectivity index (χ0v) is 14.0. The van der Waals surface area contributed by atoms with Gasteiger partial charge in [0.15, 0.2) is 0 Å². The molecule has 1 aliphatic rings. The molecule has 1 aliphatic heterocycles. The lowest BCUT2D eigenvalue weighted by atomic mass is 10.0. The molecule has 116 valence electrons. The summed E-state index contributed by atoms with van der Waals surface area (Å²) in [7, 11) is 0.677. The molecule has 3 rings (SSSR count). The summed E-state index contributed by atoms with van der Waals surface area (Å²) in [5.74, 6) is 3.08. The SMILES string of the molecule is NC(=NC1=NC=CPC1)c1cc(-c2ncccc2Cl)ccc1N. The first-order chi connectivity index (χ1) is 11.1. The molecule has 7 heteroatoms. The number of pyridine rings is 1. The van der Waals surface area contributed by atoms with Gasteiger partial charge in [0.25, 0.3) is 0 Å². The van der Waals surface area contributed by atoms with Gasteiger partial charge in [-0.3, -0.25) is 4.98 Å². The molecule has 1 aromatic carbocycles. The van der Waals surface area contributed by atoms with E-state index in [9.17, 15) is 0 Å². The lowest BCUT2D eigenvalue weighted by Gasteiger charge is -2.10. The predicted octanol–water partition coefficient (Wildman–Crippen LogP) is 3.25. The molecule has 23 heavy (non-hydrogen) atoms. The molecule has 1 unspecified atom stereocenters. The number of halogens is 1. The summed E-state index contributed by atoms with van der Waals surface area (Å²) >= 11 is 6.21. The summed E-state index contributed by atoms with van der Waals surface area (Å²) in [4.78, 5) is 12.9. The highest BCUT2D eigenvalue weighted by Gasteiger charge is 2.11. The Kier molecular flexibility index (Phi) is 4.70. The van der Waals surface area contributed by atoms with Gasteiger partial charge in [-0.25, -0.2) is 9.98 Å². The molecule has 2 heterocycles. The van der Waals surface area contributed by atoms with E-state index in [1.54, 1.807) is 30.6 Å². The molecular formula is C16H15ClN5P. The van der Waals surface area contributed by atoms with Gasteiger partial charge in [-0.15, -0.1) is 0 Å². The molecule has 2 aromatic rings. The average molecular weight is 344 g/mol. The first kappa shape index (κ1) is 15.7. The maximum atomic E-state index is 6.21. The van der Waals surface area contributed by atoms with Gasteiger partial charge in [0, 0.05) is 35.4 Å². The Morgan fingerprint density at radius 3 is 2.91 bits per heavy atom. The Labute approximate surface area is 141 Å². The summed E-state index contributed by atoms with van der Waals surface area (Å²) in [6.07, 6.45) is 4.24. The van der Waals surface area contributed by atoms with Crippen molar-refractivity contribution in [2.75, 3.05) is 11.9 Å². The zero-order valence-electron chi connectivity index (χ0n) is 12.2. The van der Waals surface area contributed by atoms with Crippen LogP contribution in [0.5, 0.6) is 0 Å². The Morgan fingerprint density at radius 1 is 1.30 bits per heavy atom. The Bertz CT molecular complexity index is 829. The highest BCUT2D eigenvalue weighted by Crippen LogP contribution is 2.28. The first-order valence-electron chi connectivity index (χ1n) is 6.95. The average Bonchev–Trinajstić information content (AvgIpc) is 2.57. The molecule has 0 fully saturated rings. The summed E-state index contributed by atoms with van der Waals surface area (Å²) in [6.45, 7) is 0. The number of amidine groups is 2. The largest absolute Gasteiger partial charge is 0.398 e. The summed E-state index contributed by atoms with van der Waals surface area (Å²) in [5.41, 5.74) is 14.9. The predicted molar refractivity (Wildman–Crippen MR) is 99.6 cm³/mol. The van der Waals surface area contributed by atoms with Crippen molar-refractivity contribution in [1.82, 2.24) is 4.98 Å². The highest BCUT2D eigenvalue weighted by molar-refractivity contribution is 7.43. The topological polar surface area (TPSA) is 89.6 Å². The smallest absolute Gasteiger partial charge is 0.134 e. The molecule has 0 spiro atoms. The molecule has 0 saturated carbocycles. The quantitative estimate of drug-likeness (QED) is 0.379. The number of nitrogens with zero attached hydrogens (tertiary/aromatic N) is 3. The second kappa shape index (κ2) is 6.90. The van der Waals surface area contributed by atoms with Gasteiger partial charge in [0.2, 0.25) is 0 Å². The monoisotopic (exact) mass is 343 g/mol. The zero-order chi connectivity index (χ0) is 16.2. The number of benzene rings is 1. The van der Waals surface area contributed by atoms with Crippen molar-refractivity contribution in [2.45, 2.75) is 0 Å². The van der Waals surface area contributed by atoms with Crippen LogP contribution in [0.4, 0.5) is 5.69 Å². The van der Waals surface area contributed by atoms with E-state index in [0.717, 1.165) is 11.7 Å². The van der Waals surface area contributed by atoms with Gasteiger partial charge in [-0.05, 0) is 30.1 Å². The van der Waals surface area contributed by atoms with Crippen LogP contribution in [0, 0.1) is 0 Å². The van der Waals surface area contributed by atoms with Crippen LogP contribution in [0.3, 0.4) is 0 Å². The molecule has 1 aromatic heterocycles. The van der Waals surface area contributed by atoms with Crippen LogP contribution in [0.15, 0.2) is 58.5 Å². The van der Waals surface area contributed by atoms with Crippen molar-refractivity contribution in [2.24, 2.45) is 15.7 Å². The standard InChI is InChI=1S/C16H15ClN5P/c17-12-2-1-5-21-15(12)10-3-4-13(18)11(8-10)16(19)22-14-9-23-7-6-20-14/h1-8,23H,9,18H2,(H2,19,20,22). The minimum absolute atomic E-state index is 0.343. The number of anilines is 1. The minimum atomic E-state index is 0.343. The molecule has 0 aliphatic carbocycles. The second-order valence-corrected chi connectivity index (χ2v) is 6.38. The van der Waals surface area contributed by atoms with Crippen LogP contribution in [-0.2, 0) is 0 Å². The molecular weight excluding hydrogens is 329 g/mol. The van der Waals surface area contributed by atoms with Crippen molar-refractivity contribution in [1.29, 1.82) is 0 Å². The van der Waals surface area contributed by atoms with Crippen molar-refractivity contribution in [3.05, 3.63) is 59.1 Å². The second-order valence-electron chi connectivity index (χ2n) is 4.87. The summed E-state index contributed by atoms with van der Waals surface area (Å²) in [6, 6.07) is 9.08. The first-order valence-corrected chi connectivity index (χ1v) is 8.61. The van der Waals surface area contributed by atoms with E-state index in [1.807, 2.05) is 17.9 Å². The number of nitrogens with two attached hydrogens (primary N) is 2. The van der Waals surface area contributed by atoms with Crippen LogP contribution in [0.2, 0.25) is 5.02 Å². The lowest BCUT2D eigenvalue weighted by molar-refractivity contribution is 1.32. The van der Waals surface area contributed by atoms with Crippen LogP contribution >= 0.6 is 20.2 Å². The van der Waals surface area contributed by atoms with Crippen LogP contribution in [0.25, 0.3) is 11.3 Å². The number of rotatable bonds is 2. The van der Waals surface area contributed by atoms with Gasteiger partial charge < -0.3 is 11.5 Å². The summed E-state index contributed by atoms with van der Waals surface area (Å²) in [5, 5.41) is 0.571. The van der Waals surface area contributed by atoms with E-state index >= 15 is 0 Å². The molecule has 1 atom stereocenters. The maximum absolute atomic E-state index is 6.21. The Hall–Kier alpha value is -2.23. The van der Waals surface area contributed by atoms with Crippen LogP contribution in [-0.4, -0.2) is 22.8 Å². The Balaban J connectivity index is 2.01. The van der Waals surface area contributed by atoms with Gasteiger partial charge in [-0.2, -0.15) is 0 Å². The summed E-state index contributed by atoms with van der Waals surface area (Å²) < 4.78 is 0. The van der Waals surface area contributed by atoms with Crippen LogP contribution < -0.4 is 11.5 Å². The minimum Gasteiger partial charge on any atom is -0.398 e. The molecule has 0 saturated heterocycles. The van der Waals surface area contributed by atoms with E-state index < -0.39 is 0 Å². The molecule has 0 bridgehead atoms. The van der Waals surface area contributed by atoms with Gasteiger partial charge in [0.1, 0.15) is 11.7 Å². The normalized spacial score (nSPS) is 15.7. The van der Waals surface area contributed by atoms with Crippen molar-refractivity contribution >= 4 is 37.5 Å². The van der Waals surface area contributed by atoms with E-state index in [2.05, 4.69) is 15.0 Å². The third-order valence-electron chi connectivity index (χ3n) is 3.29.